The van der Waals surface area contributed by atoms with Gasteiger partial charge in [0.05, 0.1) is 6.42 Å². The van der Waals surface area contributed by atoms with Crippen LogP contribution in [-0.4, -0.2) is 15.6 Å². The van der Waals surface area contributed by atoms with Crippen LogP contribution in [0.4, 0.5) is 0 Å². The Morgan fingerprint density at radius 1 is 1.19 bits per heavy atom. The van der Waals surface area contributed by atoms with E-state index in [1.54, 1.807) is 0 Å². The molecule has 82 valence electrons. The molecular formula is C13H13NO2. The van der Waals surface area contributed by atoms with E-state index >= 15 is 0 Å². The van der Waals surface area contributed by atoms with E-state index in [1.807, 2.05) is 54.0 Å². The Bertz CT molecular complexity index is 500. The maximum Gasteiger partial charge on any atom is 0.309 e. The molecule has 0 aliphatic rings. The van der Waals surface area contributed by atoms with Crippen molar-refractivity contribution in [3.8, 4) is 5.69 Å². The van der Waals surface area contributed by atoms with Crippen LogP contribution >= 0.6 is 0 Å². The van der Waals surface area contributed by atoms with Crippen molar-refractivity contribution in [2.24, 2.45) is 0 Å². The van der Waals surface area contributed by atoms with Gasteiger partial charge in [-0.05, 0) is 31.2 Å². The molecule has 0 amide bonds. The third-order valence-corrected chi connectivity index (χ3v) is 2.50. The van der Waals surface area contributed by atoms with Gasteiger partial charge >= 0.3 is 5.97 Å². The number of aromatic nitrogens is 1. The number of carbonyl (C=O) groups is 1. The molecule has 0 fully saturated rings. The van der Waals surface area contributed by atoms with Crippen molar-refractivity contribution in [2.45, 2.75) is 13.3 Å². The average molecular weight is 215 g/mol. The van der Waals surface area contributed by atoms with E-state index in [0.717, 1.165) is 17.1 Å². The molecule has 1 N–H and O–H groups in total. The monoisotopic (exact) mass is 215 g/mol. The molecule has 0 saturated carbocycles. The zero-order valence-corrected chi connectivity index (χ0v) is 9.05. The van der Waals surface area contributed by atoms with Gasteiger partial charge in [-0.25, -0.2) is 0 Å². The summed E-state index contributed by atoms with van der Waals surface area (Å²) < 4.78 is 1.97. The van der Waals surface area contributed by atoms with E-state index in [0.29, 0.717) is 0 Å². The van der Waals surface area contributed by atoms with Crippen LogP contribution in [0.15, 0.2) is 42.5 Å². The number of carboxylic acids is 1. The summed E-state index contributed by atoms with van der Waals surface area (Å²) in [5, 5.41) is 8.83. The highest BCUT2D eigenvalue weighted by Crippen LogP contribution is 2.16. The molecule has 1 aromatic heterocycles. The van der Waals surface area contributed by atoms with Gasteiger partial charge in [-0.2, -0.15) is 0 Å². The van der Waals surface area contributed by atoms with Crippen molar-refractivity contribution < 1.29 is 9.90 Å². The lowest BCUT2D eigenvalue weighted by Gasteiger charge is -2.10. The van der Waals surface area contributed by atoms with Crippen molar-refractivity contribution in [2.75, 3.05) is 0 Å². The number of aliphatic carboxylic acids is 1. The van der Waals surface area contributed by atoms with Crippen LogP contribution in [0, 0.1) is 6.92 Å². The molecule has 0 radical (unpaired) electrons. The molecular weight excluding hydrogens is 202 g/mol. The average Bonchev–Trinajstić information content (AvgIpc) is 2.60. The zero-order valence-electron chi connectivity index (χ0n) is 9.05. The first kappa shape index (κ1) is 10.5. The molecule has 1 heterocycles. The van der Waals surface area contributed by atoms with Gasteiger partial charge in [0.1, 0.15) is 0 Å². The third kappa shape index (κ3) is 1.98. The van der Waals surface area contributed by atoms with Crippen LogP contribution in [0.25, 0.3) is 5.69 Å². The van der Waals surface area contributed by atoms with E-state index in [4.69, 9.17) is 5.11 Å². The fourth-order valence-corrected chi connectivity index (χ4v) is 1.83. The minimum absolute atomic E-state index is 0.0444. The molecule has 3 nitrogen and oxygen atoms in total. The maximum absolute atomic E-state index is 10.7. The summed E-state index contributed by atoms with van der Waals surface area (Å²) in [5.74, 6) is -0.810. The van der Waals surface area contributed by atoms with Crippen LogP contribution in [0.2, 0.25) is 0 Å². The van der Waals surface area contributed by atoms with Crippen LogP contribution in [0.3, 0.4) is 0 Å². The predicted octanol–water partition coefficient (Wildman–Crippen LogP) is 2.41. The van der Waals surface area contributed by atoms with Gasteiger partial charge in [-0.1, -0.05) is 18.2 Å². The van der Waals surface area contributed by atoms with Crippen molar-refractivity contribution in [1.82, 2.24) is 4.57 Å². The first-order chi connectivity index (χ1) is 7.68. The van der Waals surface area contributed by atoms with Gasteiger partial charge in [0.2, 0.25) is 0 Å². The topological polar surface area (TPSA) is 42.2 Å². The number of aryl methyl sites for hydroxylation is 1. The predicted molar refractivity (Wildman–Crippen MR) is 61.8 cm³/mol. The molecule has 0 spiro atoms. The largest absolute Gasteiger partial charge is 0.481 e. The SMILES string of the molecule is Cc1ccc(CC(=O)O)n1-c1ccccc1. The Labute approximate surface area is 94.0 Å². The van der Waals surface area contributed by atoms with Gasteiger partial charge in [0.25, 0.3) is 0 Å². The fraction of sp³-hybridized carbons (Fsp3) is 0.154. The standard InChI is InChI=1S/C13H13NO2/c1-10-7-8-12(9-13(15)16)14(10)11-5-3-2-4-6-11/h2-8H,9H2,1H3,(H,15,16). The number of nitrogens with zero attached hydrogens (tertiary/aromatic N) is 1. The van der Waals surface area contributed by atoms with Gasteiger partial charge < -0.3 is 9.67 Å². The van der Waals surface area contributed by atoms with Crippen LogP contribution in [0.5, 0.6) is 0 Å². The van der Waals surface area contributed by atoms with E-state index in [2.05, 4.69) is 0 Å². The van der Waals surface area contributed by atoms with Crippen LogP contribution in [-0.2, 0) is 11.2 Å². The number of hydrogen-bond acceptors (Lipinski definition) is 1. The number of hydrogen-bond donors (Lipinski definition) is 1. The summed E-state index contributed by atoms with van der Waals surface area (Å²) in [6.07, 6.45) is 0.0444. The molecule has 0 bridgehead atoms. The highest BCUT2D eigenvalue weighted by atomic mass is 16.4. The highest BCUT2D eigenvalue weighted by molar-refractivity contribution is 5.70. The molecule has 2 rings (SSSR count). The number of rotatable bonds is 3. The molecule has 0 atom stereocenters. The molecule has 0 unspecified atom stereocenters. The van der Waals surface area contributed by atoms with Gasteiger partial charge in [0, 0.05) is 17.1 Å². The first-order valence-corrected chi connectivity index (χ1v) is 5.13. The van der Waals surface area contributed by atoms with Gasteiger partial charge in [0.15, 0.2) is 0 Å². The first-order valence-electron chi connectivity index (χ1n) is 5.13. The normalized spacial score (nSPS) is 10.3. The van der Waals surface area contributed by atoms with Crippen molar-refractivity contribution >= 4 is 5.97 Å². The maximum atomic E-state index is 10.7. The molecule has 0 aliphatic heterocycles. The second-order valence-electron chi connectivity index (χ2n) is 3.71. The number of carboxylic acid groups (broad SMARTS) is 1. The minimum Gasteiger partial charge on any atom is -0.481 e. The molecule has 0 saturated heterocycles. The van der Waals surface area contributed by atoms with Crippen molar-refractivity contribution in [1.29, 1.82) is 0 Å². The third-order valence-electron chi connectivity index (χ3n) is 2.50. The van der Waals surface area contributed by atoms with E-state index in [9.17, 15) is 4.79 Å². The molecule has 16 heavy (non-hydrogen) atoms. The quantitative estimate of drug-likeness (QED) is 0.854. The second kappa shape index (κ2) is 4.23. The number of benzene rings is 1. The Morgan fingerprint density at radius 3 is 2.50 bits per heavy atom. The zero-order chi connectivity index (χ0) is 11.5. The number of para-hydroxylation sites is 1. The summed E-state index contributed by atoms with van der Waals surface area (Å²) in [6, 6.07) is 13.6. The van der Waals surface area contributed by atoms with Crippen LogP contribution < -0.4 is 0 Å². The Kier molecular flexibility index (Phi) is 2.77. The minimum atomic E-state index is -0.810. The highest BCUT2D eigenvalue weighted by Gasteiger charge is 2.09. The van der Waals surface area contributed by atoms with Crippen LogP contribution in [0.1, 0.15) is 11.4 Å². The van der Waals surface area contributed by atoms with Gasteiger partial charge in [-0.3, -0.25) is 4.79 Å². The molecule has 2 aromatic rings. The Balaban J connectivity index is 2.47. The Morgan fingerprint density at radius 2 is 1.88 bits per heavy atom. The van der Waals surface area contributed by atoms with E-state index in [1.165, 1.54) is 0 Å². The summed E-state index contributed by atoms with van der Waals surface area (Å²) in [6.45, 7) is 1.97. The summed E-state index contributed by atoms with van der Waals surface area (Å²) in [4.78, 5) is 10.7. The van der Waals surface area contributed by atoms with Gasteiger partial charge in [-0.15, -0.1) is 0 Å². The lowest BCUT2D eigenvalue weighted by molar-refractivity contribution is -0.136. The molecule has 0 aliphatic carbocycles. The summed E-state index contributed by atoms with van der Waals surface area (Å²) in [7, 11) is 0. The van der Waals surface area contributed by atoms with E-state index in [-0.39, 0.29) is 6.42 Å². The summed E-state index contributed by atoms with van der Waals surface area (Å²) in [5.41, 5.74) is 2.85. The van der Waals surface area contributed by atoms with Crippen molar-refractivity contribution in [3.05, 3.63) is 53.9 Å². The molecule has 1 aromatic carbocycles. The van der Waals surface area contributed by atoms with E-state index < -0.39 is 5.97 Å². The van der Waals surface area contributed by atoms with Crippen molar-refractivity contribution in [3.63, 3.8) is 0 Å². The molecule has 3 heteroatoms. The lowest BCUT2D eigenvalue weighted by Crippen LogP contribution is -2.07. The summed E-state index contributed by atoms with van der Waals surface area (Å²) >= 11 is 0. The Hall–Kier alpha value is -2.03. The fourth-order valence-electron chi connectivity index (χ4n) is 1.83. The second-order valence-corrected chi connectivity index (χ2v) is 3.71. The smallest absolute Gasteiger partial charge is 0.309 e. The lowest BCUT2D eigenvalue weighted by atomic mass is 10.2.